The van der Waals surface area contributed by atoms with Crippen molar-refractivity contribution in [2.24, 2.45) is 5.92 Å². The Balaban J connectivity index is 1.62. The van der Waals surface area contributed by atoms with E-state index in [2.05, 4.69) is 9.97 Å². The predicted molar refractivity (Wildman–Crippen MR) is 136 cm³/mol. The van der Waals surface area contributed by atoms with Crippen LogP contribution in [-0.2, 0) is 11.2 Å². The third-order valence-corrected chi connectivity index (χ3v) is 6.57. The second kappa shape index (κ2) is 11.3. The van der Waals surface area contributed by atoms with Crippen molar-refractivity contribution in [3.05, 3.63) is 78.2 Å². The molecule has 0 spiro atoms. The second-order valence-electron chi connectivity index (χ2n) is 9.34. The minimum Gasteiger partial charge on any atom is -0.472 e. The van der Waals surface area contributed by atoms with E-state index in [-0.39, 0.29) is 42.7 Å². The molecule has 1 aliphatic rings. The Bertz CT molecular complexity index is 1190. The molecule has 3 heterocycles. The number of carbonyl (C=O) groups is 2. The molecule has 3 atom stereocenters. The molecule has 0 saturated heterocycles. The van der Waals surface area contributed by atoms with Gasteiger partial charge in [0.15, 0.2) is 0 Å². The number of carbonyl (C=O) groups excluding carboxylic acids is 2. The van der Waals surface area contributed by atoms with Crippen LogP contribution in [0.5, 0.6) is 5.88 Å². The molecule has 8 heteroatoms. The monoisotopic (exact) mass is 488 g/mol. The fourth-order valence-corrected chi connectivity index (χ4v) is 4.27. The zero-order valence-corrected chi connectivity index (χ0v) is 20.9. The molecule has 0 fully saturated rings. The van der Waals surface area contributed by atoms with Crippen molar-refractivity contribution in [1.29, 1.82) is 0 Å². The van der Waals surface area contributed by atoms with Crippen LogP contribution in [0, 0.1) is 5.92 Å². The Morgan fingerprint density at radius 3 is 2.61 bits per heavy atom. The predicted octanol–water partition coefficient (Wildman–Crippen LogP) is 3.06. The lowest BCUT2D eigenvalue weighted by atomic mass is 9.99. The van der Waals surface area contributed by atoms with Crippen LogP contribution in [0.25, 0.3) is 11.1 Å². The maximum absolute atomic E-state index is 13.6. The first-order valence-corrected chi connectivity index (χ1v) is 12.1. The Hall–Kier alpha value is -3.78. The maximum Gasteiger partial charge on any atom is 0.259 e. The number of aromatic nitrogens is 2. The first kappa shape index (κ1) is 25.3. The van der Waals surface area contributed by atoms with Gasteiger partial charge < -0.3 is 19.6 Å². The smallest absolute Gasteiger partial charge is 0.259 e. The van der Waals surface area contributed by atoms with Crippen molar-refractivity contribution in [2.45, 2.75) is 32.4 Å². The van der Waals surface area contributed by atoms with E-state index in [4.69, 9.17) is 4.74 Å². The molecule has 0 aliphatic carbocycles. The minimum atomic E-state index is -0.405. The van der Waals surface area contributed by atoms with Crippen molar-refractivity contribution >= 4 is 11.8 Å². The molecule has 0 unspecified atom stereocenters. The van der Waals surface area contributed by atoms with Crippen LogP contribution in [0.1, 0.15) is 29.9 Å². The molecule has 0 bridgehead atoms. The summed E-state index contributed by atoms with van der Waals surface area (Å²) < 4.78 is 6.31. The van der Waals surface area contributed by atoms with E-state index in [0.717, 1.165) is 11.1 Å². The lowest BCUT2D eigenvalue weighted by Gasteiger charge is -2.37. The number of likely N-dealkylation sites (N-methyl/N-ethyl adjacent to an activating group) is 1. The van der Waals surface area contributed by atoms with Gasteiger partial charge in [-0.05, 0) is 30.7 Å². The van der Waals surface area contributed by atoms with E-state index in [9.17, 15) is 14.7 Å². The lowest BCUT2D eigenvalue weighted by molar-refractivity contribution is -0.130. The molecular formula is C28H32N4O4. The standard InChI is InChI=1S/C28H32N4O4/c1-19-16-32(20(2)18-33)28(35)24-13-22(21-9-5-4-6-10-21)15-30-27(24)36-25(19)17-31(3)26(34)14-23-11-7-8-12-29-23/h4-13,15,19-20,25,33H,14,16-18H2,1-3H3/t19-,20-,25-/m0/s1. The molecule has 4 rings (SSSR count). The molecule has 36 heavy (non-hydrogen) atoms. The molecule has 188 valence electrons. The number of rotatable bonds is 7. The Labute approximate surface area is 211 Å². The van der Waals surface area contributed by atoms with Crippen LogP contribution in [0.15, 0.2) is 67.0 Å². The van der Waals surface area contributed by atoms with E-state index in [1.807, 2.05) is 62.4 Å². The normalized spacial score (nSPS) is 18.4. The van der Waals surface area contributed by atoms with Gasteiger partial charge in [-0.1, -0.05) is 43.3 Å². The average Bonchev–Trinajstić information content (AvgIpc) is 2.91. The van der Waals surface area contributed by atoms with Crippen LogP contribution >= 0.6 is 0 Å². The summed E-state index contributed by atoms with van der Waals surface area (Å²) in [6.45, 7) is 4.34. The Morgan fingerprint density at radius 1 is 1.17 bits per heavy atom. The third-order valence-electron chi connectivity index (χ3n) is 6.57. The highest BCUT2D eigenvalue weighted by molar-refractivity contribution is 5.98. The van der Waals surface area contributed by atoms with E-state index in [0.29, 0.717) is 24.3 Å². The number of ether oxygens (including phenoxy) is 1. The Morgan fingerprint density at radius 2 is 1.92 bits per heavy atom. The van der Waals surface area contributed by atoms with Gasteiger partial charge in [-0.2, -0.15) is 0 Å². The number of hydrogen-bond donors (Lipinski definition) is 1. The van der Waals surface area contributed by atoms with Gasteiger partial charge in [0.05, 0.1) is 25.6 Å². The van der Waals surface area contributed by atoms with Gasteiger partial charge in [0.2, 0.25) is 11.8 Å². The molecule has 1 aromatic carbocycles. The highest BCUT2D eigenvalue weighted by atomic mass is 16.5. The summed E-state index contributed by atoms with van der Waals surface area (Å²) in [5.41, 5.74) is 2.79. The first-order valence-electron chi connectivity index (χ1n) is 12.1. The van der Waals surface area contributed by atoms with Gasteiger partial charge in [0, 0.05) is 43.2 Å². The zero-order chi connectivity index (χ0) is 25.7. The number of aliphatic hydroxyl groups excluding tert-OH is 1. The largest absolute Gasteiger partial charge is 0.472 e. The number of pyridine rings is 2. The topological polar surface area (TPSA) is 95.9 Å². The zero-order valence-electron chi connectivity index (χ0n) is 20.9. The van der Waals surface area contributed by atoms with E-state index < -0.39 is 6.10 Å². The fourth-order valence-electron chi connectivity index (χ4n) is 4.27. The van der Waals surface area contributed by atoms with Crippen LogP contribution in [-0.4, -0.2) is 75.6 Å². The summed E-state index contributed by atoms with van der Waals surface area (Å²) in [6, 6.07) is 16.6. The minimum absolute atomic E-state index is 0.0733. The fraction of sp³-hybridized carbons (Fsp3) is 0.357. The van der Waals surface area contributed by atoms with Crippen LogP contribution in [0.2, 0.25) is 0 Å². The number of nitrogens with zero attached hydrogens (tertiary/aromatic N) is 4. The molecule has 8 nitrogen and oxygen atoms in total. The highest BCUT2D eigenvalue weighted by Crippen LogP contribution is 2.30. The van der Waals surface area contributed by atoms with Crippen LogP contribution in [0.4, 0.5) is 0 Å². The number of fused-ring (bicyclic) bond motifs is 1. The summed E-state index contributed by atoms with van der Waals surface area (Å²) in [6.07, 6.45) is 3.15. The van der Waals surface area contributed by atoms with Gasteiger partial charge in [0.25, 0.3) is 5.91 Å². The van der Waals surface area contributed by atoms with Crippen molar-refractivity contribution < 1.29 is 19.4 Å². The van der Waals surface area contributed by atoms with Crippen molar-refractivity contribution in [3.63, 3.8) is 0 Å². The third kappa shape index (κ3) is 5.71. The molecule has 2 aromatic heterocycles. The summed E-state index contributed by atoms with van der Waals surface area (Å²) in [5.74, 6) is -0.189. The van der Waals surface area contributed by atoms with Crippen molar-refractivity contribution in [3.8, 4) is 17.0 Å². The summed E-state index contributed by atoms with van der Waals surface area (Å²) in [4.78, 5) is 38.5. The van der Waals surface area contributed by atoms with Gasteiger partial charge in [0.1, 0.15) is 11.7 Å². The number of hydrogen-bond acceptors (Lipinski definition) is 6. The maximum atomic E-state index is 13.6. The quantitative estimate of drug-likeness (QED) is 0.549. The SMILES string of the molecule is C[C@H]1CN([C@@H](C)CO)C(=O)c2cc(-c3ccccc3)cnc2O[C@H]1CN(C)C(=O)Cc1ccccn1. The molecule has 0 radical (unpaired) electrons. The molecular weight excluding hydrogens is 456 g/mol. The highest BCUT2D eigenvalue weighted by Gasteiger charge is 2.34. The van der Waals surface area contributed by atoms with Gasteiger partial charge in [-0.3, -0.25) is 14.6 Å². The number of benzene rings is 1. The summed E-state index contributed by atoms with van der Waals surface area (Å²) in [5, 5.41) is 9.86. The van der Waals surface area contributed by atoms with Crippen LogP contribution < -0.4 is 4.74 Å². The number of aliphatic hydroxyl groups is 1. The molecule has 1 N–H and O–H groups in total. The van der Waals surface area contributed by atoms with Gasteiger partial charge >= 0.3 is 0 Å². The Kier molecular flexibility index (Phi) is 7.95. The first-order chi connectivity index (χ1) is 17.4. The number of amides is 2. The van der Waals surface area contributed by atoms with E-state index in [1.54, 1.807) is 35.3 Å². The van der Waals surface area contributed by atoms with Gasteiger partial charge in [-0.25, -0.2) is 4.98 Å². The lowest BCUT2D eigenvalue weighted by Crippen LogP contribution is -2.50. The van der Waals surface area contributed by atoms with Crippen molar-refractivity contribution in [2.75, 3.05) is 26.7 Å². The van der Waals surface area contributed by atoms with Gasteiger partial charge in [-0.15, -0.1) is 0 Å². The van der Waals surface area contributed by atoms with Crippen LogP contribution in [0.3, 0.4) is 0 Å². The molecule has 3 aromatic rings. The molecule has 2 amide bonds. The van der Waals surface area contributed by atoms with E-state index in [1.165, 1.54) is 0 Å². The average molecular weight is 489 g/mol. The summed E-state index contributed by atoms with van der Waals surface area (Å²) >= 11 is 0. The molecule has 0 saturated carbocycles. The summed E-state index contributed by atoms with van der Waals surface area (Å²) in [7, 11) is 1.74. The molecule has 1 aliphatic heterocycles. The van der Waals surface area contributed by atoms with Crippen molar-refractivity contribution in [1.82, 2.24) is 19.8 Å². The van der Waals surface area contributed by atoms with E-state index >= 15 is 0 Å². The second-order valence-corrected chi connectivity index (χ2v) is 9.34.